The molecule has 154 valence electrons. The number of likely N-dealkylation sites (tertiary alicyclic amines) is 1. The Kier molecular flexibility index (Phi) is 9.73. The molecule has 0 saturated carbocycles. The van der Waals surface area contributed by atoms with E-state index in [4.69, 9.17) is 4.74 Å². The third kappa shape index (κ3) is 5.60. The number of nitrogens with zero attached hydrogens (tertiary/aromatic N) is 2. The molecule has 1 aromatic heterocycles. The van der Waals surface area contributed by atoms with Crippen molar-refractivity contribution in [3.63, 3.8) is 0 Å². The van der Waals surface area contributed by atoms with Gasteiger partial charge in [-0.1, -0.05) is 6.07 Å². The van der Waals surface area contributed by atoms with Crippen molar-refractivity contribution in [2.75, 3.05) is 20.1 Å². The zero-order valence-electron chi connectivity index (χ0n) is 16.6. The van der Waals surface area contributed by atoms with Crippen LogP contribution >= 0.6 is 24.8 Å². The second-order valence-electron chi connectivity index (χ2n) is 6.94. The van der Waals surface area contributed by atoms with Crippen molar-refractivity contribution < 1.29 is 9.53 Å². The number of hydrogen-bond donors (Lipinski definition) is 1. The summed E-state index contributed by atoms with van der Waals surface area (Å²) in [6.07, 6.45) is 5.69. The van der Waals surface area contributed by atoms with E-state index in [1.807, 2.05) is 50.1 Å². The summed E-state index contributed by atoms with van der Waals surface area (Å²) in [6, 6.07) is 8.07. The van der Waals surface area contributed by atoms with E-state index in [1.165, 1.54) is 0 Å². The Labute approximate surface area is 179 Å². The van der Waals surface area contributed by atoms with Crippen molar-refractivity contribution in [2.45, 2.75) is 39.3 Å². The Morgan fingerprint density at radius 2 is 2.00 bits per heavy atom. The highest BCUT2D eigenvalue weighted by Crippen LogP contribution is 2.28. The number of nitrogens with one attached hydrogen (secondary N) is 1. The minimum atomic E-state index is 0. The number of likely N-dealkylation sites (N-methyl/N-ethyl adjacent to an activating group) is 1. The molecule has 2 aromatic rings. The average molecular weight is 426 g/mol. The molecule has 1 saturated heterocycles. The van der Waals surface area contributed by atoms with Gasteiger partial charge in [-0.2, -0.15) is 0 Å². The molecule has 5 nitrogen and oxygen atoms in total. The molecular weight excluding hydrogens is 397 g/mol. The molecule has 1 aliphatic heterocycles. The molecule has 0 radical (unpaired) electrons. The fourth-order valence-corrected chi connectivity index (χ4v) is 3.66. The highest BCUT2D eigenvalue weighted by Gasteiger charge is 2.29. The maximum atomic E-state index is 13.0. The van der Waals surface area contributed by atoms with Crippen molar-refractivity contribution in [1.82, 2.24) is 15.2 Å². The Bertz CT molecular complexity index is 748. The molecule has 0 aliphatic carbocycles. The van der Waals surface area contributed by atoms with Gasteiger partial charge in [-0.15, -0.1) is 24.8 Å². The van der Waals surface area contributed by atoms with Crippen LogP contribution in [0.4, 0.5) is 0 Å². The summed E-state index contributed by atoms with van der Waals surface area (Å²) < 4.78 is 6.00. The van der Waals surface area contributed by atoms with E-state index in [0.717, 1.165) is 53.9 Å². The van der Waals surface area contributed by atoms with E-state index >= 15 is 0 Å². The summed E-state index contributed by atoms with van der Waals surface area (Å²) in [5.74, 6) is 0.964. The molecule has 1 aromatic carbocycles. The fraction of sp³-hybridized carbons (Fsp3) is 0.429. The van der Waals surface area contributed by atoms with Gasteiger partial charge >= 0.3 is 0 Å². The molecule has 28 heavy (non-hydrogen) atoms. The van der Waals surface area contributed by atoms with Crippen molar-refractivity contribution in [1.29, 1.82) is 0 Å². The molecule has 3 rings (SSSR count). The zero-order chi connectivity index (χ0) is 18.5. The van der Waals surface area contributed by atoms with Gasteiger partial charge in [0.2, 0.25) is 0 Å². The Morgan fingerprint density at radius 1 is 1.29 bits per heavy atom. The number of rotatable bonds is 6. The molecule has 0 bridgehead atoms. The first-order chi connectivity index (χ1) is 12.6. The van der Waals surface area contributed by atoms with Gasteiger partial charge in [-0.05, 0) is 63.1 Å². The van der Waals surface area contributed by atoms with E-state index in [9.17, 15) is 4.79 Å². The molecule has 7 heteroatoms. The van der Waals surface area contributed by atoms with Crippen LogP contribution in [0, 0.1) is 13.8 Å². The van der Waals surface area contributed by atoms with Gasteiger partial charge in [0.05, 0.1) is 0 Å². The predicted molar refractivity (Wildman–Crippen MR) is 117 cm³/mol. The molecule has 1 N–H and O–H groups in total. The van der Waals surface area contributed by atoms with E-state index < -0.39 is 0 Å². The number of amides is 1. The number of carbonyl (C=O) groups excluding carboxylic acids is 1. The van der Waals surface area contributed by atoms with Crippen molar-refractivity contribution >= 4 is 30.7 Å². The fourth-order valence-electron chi connectivity index (χ4n) is 3.66. The summed E-state index contributed by atoms with van der Waals surface area (Å²) in [5, 5.41) is 3.19. The SMILES string of the molecule is CNCC1CCCN1C(=O)c1cc(C)c(OCc2cccnc2)c(C)c1.Cl.Cl. The maximum Gasteiger partial charge on any atom is 0.254 e. The third-order valence-corrected chi connectivity index (χ3v) is 4.89. The van der Waals surface area contributed by atoms with Gasteiger partial charge in [0.25, 0.3) is 5.91 Å². The molecular formula is C21H29Cl2N3O2. The molecule has 1 fully saturated rings. The van der Waals surface area contributed by atoms with Crippen molar-refractivity contribution in [3.8, 4) is 5.75 Å². The molecule has 1 atom stereocenters. The van der Waals surface area contributed by atoms with Gasteiger partial charge in [0, 0.05) is 42.7 Å². The van der Waals surface area contributed by atoms with Gasteiger partial charge in [-0.25, -0.2) is 0 Å². The van der Waals surface area contributed by atoms with Crippen LogP contribution < -0.4 is 10.1 Å². The van der Waals surface area contributed by atoms with Crippen LogP contribution in [-0.2, 0) is 6.61 Å². The minimum absolute atomic E-state index is 0. The highest BCUT2D eigenvalue weighted by atomic mass is 35.5. The van der Waals surface area contributed by atoms with Crippen LogP contribution in [0.25, 0.3) is 0 Å². The topological polar surface area (TPSA) is 54.5 Å². The van der Waals surface area contributed by atoms with E-state index in [2.05, 4.69) is 10.3 Å². The van der Waals surface area contributed by atoms with Crippen LogP contribution in [-0.4, -0.2) is 42.0 Å². The van der Waals surface area contributed by atoms with Crippen LogP contribution in [0.3, 0.4) is 0 Å². The Morgan fingerprint density at radius 3 is 2.61 bits per heavy atom. The number of benzene rings is 1. The van der Waals surface area contributed by atoms with Crippen molar-refractivity contribution in [2.24, 2.45) is 0 Å². The lowest BCUT2D eigenvalue weighted by Gasteiger charge is -2.25. The van der Waals surface area contributed by atoms with Gasteiger partial charge in [0.15, 0.2) is 0 Å². The molecule has 2 heterocycles. The number of halogens is 2. The van der Waals surface area contributed by atoms with Gasteiger partial charge in [0.1, 0.15) is 12.4 Å². The van der Waals surface area contributed by atoms with Crippen LogP contribution in [0.15, 0.2) is 36.7 Å². The molecule has 1 unspecified atom stereocenters. The normalized spacial score (nSPS) is 15.5. The second-order valence-corrected chi connectivity index (χ2v) is 6.94. The predicted octanol–water partition coefficient (Wildman–Crippen LogP) is 3.95. The lowest BCUT2D eigenvalue weighted by Crippen LogP contribution is -2.40. The lowest BCUT2D eigenvalue weighted by atomic mass is 10.0. The Balaban J connectivity index is 0.00000196. The number of aryl methyl sites for hydroxylation is 2. The summed E-state index contributed by atoms with van der Waals surface area (Å²) in [6.45, 7) is 6.15. The zero-order valence-corrected chi connectivity index (χ0v) is 18.2. The maximum absolute atomic E-state index is 13.0. The Hall–Kier alpha value is -1.82. The number of carbonyl (C=O) groups is 1. The van der Waals surface area contributed by atoms with E-state index in [1.54, 1.807) is 12.4 Å². The first-order valence-corrected chi connectivity index (χ1v) is 9.18. The summed E-state index contributed by atoms with van der Waals surface area (Å²) in [4.78, 5) is 19.1. The lowest BCUT2D eigenvalue weighted by molar-refractivity contribution is 0.0737. The molecule has 1 amide bonds. The largest absolute Gasteiger partial charge is 0.488 e. The van der Waals surface area contributed by atoms with E-state index in [-0.39, 0.29) is 36.8 Å². The summed E-state index contributed by atoms with van der Waals surface area (Å²) in [7, 11) is 1.93. The number of ether oxygens (including phenoxy) is 1. The van der Waals surface area contributed by atoms with Crippen LogP contribution in [0.1, 0.15) is 39.9 Å². The van der Waals surface area contributed by atoms with Gasteiger partial charge < -0.3 is 15.0 Å². The number of pyridine rings is 1. The van der Waals surface area contributed by atoms with E-state index in [0.29, 0.717) is 6.61 Å². The standard InChI is InChI=1S/C21H27N3O2.2ClH/c1-15-10-18(21(25)24-9-5-7-19(24)13-22-3)11-16(2)20(15)26-14-17-6-4-8-23-12-17;;/h4,6,8,10-12,19,22H,5,7,9,13-14H2,1-3H3;2*1H. The monoisotopic (exact) mass is 425 g/mol. The van der Waals surface area contributed by atoms with Crippen LogP contribution in [0.2, 0.25) is 0 Å². The molecule has 1 aliphatic rings. The highest BCUT2D eigenvalue weighted by molar-refractivity contribution is 5.95. The summed E-state index contributed by atoms with van der Waals surface area (Å²) in [5.41, 5.74) is 3.75. The summed E-state index contributed by atoms with van der Waals surface area (Å²) >= 11 is 0. The number of aromatic nitrogens is 1. The number of hydrogen-bond acceptors (Lipinski definition) is 4. The minimum Gasteiger partial charge on any atom is -0.488 e. The van der Waals surface area contributed by atoms with Gasteiger partial charge in [-0.3, -0.25) is 9.78 Å². The van der Waals surface area contributed by atoms with Crippen molar-refractivity contribution in [3.05, 3.63) is 58.9 Å². The van der Waals surface area contributed by atoms with Crippen LogP contribution in [0.5, 0.6) is 5.75 Å². The first-order valence-electron chi connectivity index (χ1n) is 9.18. The molecule has 0 spiro atoms. The second kappa shape index (κ2) is 11.2. The quantitative estimate of drug-likeness (QED) is 0.760. The smallest absolute Gasteiger partial charge is 0.254 e. The first kappa shape index (κ1) is 24.2. The third-order valence-electron chi connectivity index (χ3n) is 4.89. The average Bonchev–Trinajstić information content (AvgIpc) is 3.09.